The number of benzene rings is 3. The van der Waals surface area contributed by atoms with E-state index < -0.39 is 33.4 Å². The van der Waals surface area contributed by atoms with Crippen molar-refractivity contribution in [1.82, 2.24) is 10.2 Å². The third-order valence-electron chi connectivity index (χ3n) is 6.17. The van der Waals surface area contributed by atoms with Crippen molar-refractivity contribution >= 4 is 33.2 Å². The molecular weight excluding hydrogens is 520 g/mol. The molecule has 1 N–H and O–H groups in total. The van der Waals surface area contributed by atoms with Crippen LogP contribution in [-0.2, 0) is 26.2 Å². The number of anilines is 1. The van der Waals surface area contributed by atoms with Gasteiger partial charge in [0.1, 0.15) is 12.6 Å². The number of aryl methyl sites for hydroxylation is 1. The minimum atomic E-state index is -4.24. The van der Waals surface area contributed by atoms with Gasteiger partial charge in [0.15, 0.2) is 0 Å². The van der Waals surface area contributed by atoms with Crippen LogP contribution >= 0.6 is 0 Å². The van der Waals surface area contributed by atoms with Crippen molar-refractivity contribution in [3.63, 3.8) is 0 Å². The van der Waals surface area contributed by atoms with Crippen LogP contribution in [-0.4, -0.2) is 49.2 Å². The van der Waals surface area contributed by atoms with Gasteiger partial charge in [-0.25, -0.2) is 8.42 Å². The molecule has 3 aromatic carbocycles. The average molecular weight is 553 g/mol. The predicted molar refractivity (Wildman–Crippen MR) is 149 cm³/mol. The molecule has 0 heterocycles. The number of hydrogen-bond acceptors (Lipinski definition) is 6. The molecule has 0 spiro atoms. The lowest BCUT2D eigenvalue weighted by molar-refractivity contribution is -0.384. The highest BCUT2D eigenvalue weighted by molar-refractivity contribution is 7.92. The molecule has 0 saturated carbocycles. The lowest BCUT2D eigenvalue weighted by atomic mass is 10.1. The van der Waals surface area contributed by atoms with Gasteiger partial charge in [-0.1, -0.05) is 55.0 Å². The highest BCUT2D eigenvalue weighted by Gasteiger charge is 2.33. The molecule has 1 unspecified atom stereocenters. The first-order chi connectivity index (χ1) is 18.6. The van der Waals surface area contributed by atoms with Crippen molar-refractivity contribution in [2.75, 3.05) is 17.4 Å². The predicted octanol–water partition coefficient (Wildman–Crippen LogP) is 4.04. The fourth-order valence-corrected chi connectivity index (χ4v) is 5.53. The number of nitrogens with one attached hydrogen (secondary N) is 1. The number of nitrogens with zero attached hydrogens (tertiary/aromatic N) is 3. The molecule has 0 radical (unpaired) electrons. The van der Waals surface area contributed by atoms with Crippen molar-refractivity contribution < 1.29 is 22.9 Å². The SMILES string of the molecule is CCNC(=O)C(CC)N(Cc1ccc(C)cc1)C(=O)CN(c1ccc([N+](=O)[O-])cc1)S(=O)(=O)c1ccccc1. The molecule has 3 rings (SSSR count). The smallest absolute Gasteiger partial charge is 0.269 e. The van der Waals surface area contributed by atoms with Gasteiger partial charge in [0.05, 0.1) is 15.5 Å². The number of likely N-dealkylation sites (N-methyl/N-ethyl adjacent to an activating group) is 1. The Hall–Kier alpha value is -4.25. The molecule has 1 atom stereocenters. The Morgan fingerprint density at radius 1 is 0.949 bits per heavy atom. The van der Waals surface area contributed by atoms with Crippen molar-refractivity contribution in [2.24, 2.45) is 0 Å². The maximum atomic E-state index is 13.9. The summed E-state index contributed by atoms with van der Waals surface area (Å²) < 4.78 is 28.4. The summed E-state index contributed by atoms with van der Waals surface area (Å²) in [6, 6.07) is 19.2. The van der Waals surface area contributed by atoms with Crippen LogP contribution in [0.3, 0.4) is 0 Å². The fourth-order valence-electron chi connectivity index (χ4n) is 4.09. The van der Waals surface area contributed by atoms with Gasteiger partial charge in [0, 0.05) is 25.2 Å². The number of carbonyl (C=O) groups is 2. The number of carbonyl (C=O) groups excluding carboxylic acids is 2. The topological polar surface area (TPSA) is 130 Å². The minimum absolute atomic E-state index is 0.0444. The van der Waals surface area contributed by atoms with Crippen LogP contribution in [0.4, 0.5) is 11.4 Å². The van der Waals surface area contributed by atoms with Crippen molar-refractivity contribution in [3.05, 3.63) is 100 Å². The molecule has 2 amide bonds. The number of non-ortho nitro benzene ring substituents is 1. The first-order valence-corrected chi connectivity index (χ1v) is 14.0. The van der Waals surface area contributed by atoms with E-state index >= 15 is 0 Å². The van der Waals surface area contributed by atoms with Crippen LogP contribution in [0.15, 0.2) is 83.8 Å². The molecule has 11 heteroatoms. The first kappa shape index (κ1) is 29.3. The summed E-state index contributed by atoms with van der Waals surface area (Å²) in [5.41, 5.74) is 1.68. The molecule has 0 aliphatic rings. The van der Waals surface area contributed by atoms with E-state index in [-0.39, 0.29) is 28.7 Å². The van der Waals surface area contributed by atoms with Crippen LogP contribution in [0, 0.1) is 17.0 Å². The molecule has 39 heavy (non-hydrogen) atoms. The van der Waals surface area contributed by atoms with Gasteiger partial charge < -0.3 is 10.2 Å². The first-order valence-electron chi connectivity index (χ1n) is 12.5. The Bertz CT molecular complexity index is 1390. The third kappa shape index (κ3) is 7.20. The van der Waals surface area contributed by atoms with Crippen LogP contribution in [0.25, 0.3) is 0 Å². The zero-order chi connectivity index (χ0) is 28.6. The highest BCUT2D eigenvalue weighted by Crippen LogP contribution is 2.26. The van der Waals surface area contributed by atoms with E-state index in [9.17, 15) is 28.1 Å². The quantitative estimate of drug-likeness (QED) is 0.267. The molecule has 0 aliphatic carbocycles. The van der Waals surface area contributed by atoms with Gasteiger partial charge in [-0.3, -0.25) is 24.0 Å². The summed E-state index contributed by atoms with van der Waals surface area (Å²) in [6.07, 6.45) is 0.312. The van der Waals surface area contributed by atoms with Crippen LogP contribution < -0.4 is 9.62 Å². The molecule has 0 saturated heterocycles. The molecular formula is C28H32N4O6S. The summed E-state index contributed by atoms with van der Waals surface area (Å²) in [4.78, 5) is 38.7. The van der Waals surface area contributed by atoms with E-state index in [1.54, 1.807) is 32.0 Å². The molecule has 0 bridgehead atoms. The molecule has 0 aliphatic heterocycles. The lowest BCUT2D eigenvalue weighted by Crippen LogP contribution is -2.52. The number of nitro benzene ring substituents is 1. The Kier molecular flexibility index (Phi) is 9.78. The van der Waals surface area contributed by atoms with E-state index in [2.05, 4.69) is 5.32 Å². The fraction of sp³-hybridized carbons (Fsp3) is 0.286. The van der Waals surface area contributed by atoms with Crippen molar-refractivity contribution in [2.45, 2.75) is 44.7 Å². The van der Waals surface area contributed by atoms with Gasteiger partial charge in [-0.05, 0) is 50.1 Å². The van der Waals surface area contributed by atoms with Crippen LogP contribution in [0.1, 0.15) is 31.4 Å². The summed E-state index contributed by atoms with van der Waals surface area (Å²) in [7, 11) is -4.24. The Labute approximate surface area is 228 Å². The number of nitro groups is 1. The standard InChI is InChI=1S/C28H32N4O6S/c1-4-26(28(34)29-5-2)30(19-22-13-11-21(3)12-14-22)27(33)20-31(23-15-17-24(18-16-23)32(35)36)39(37,38)25-9-7-6-8-10-25/h6-18,26H,4-5,19-20H2,1-3H3,(H,29,34). The van der Waals surface area contributed by atoms with E-state index in [4.69, 9.17) is 0 Å². The van der Waals surface area contributed by atoms with E-state index in [0.29, 0.717) is 13.0 Å². The second-order valence-electron chi connectivity index (χ2n) is 8.92. The Morgan fingerprint density at radius 3 is 2.10 bits per heavy atom. The molecule has 3 aromatic rings. The van der Waals surface area contributed by atoms with Gasteiger partial charge >= 0.3 is 0 Å². The van der Waals surface area contributed by atoms with Gasteiger partial charge in [-0.15, -0.1) is 0 Å². The maximum absolute atomic E-state index is 13.9. The number of rotatable bonds is 12. The van der Waals surface area contributed by atoms with Crippen molar-refractivity contribution in [1.29, 1.82) is 0 Å². The monoisotopic (exact) mass is 552 g/mol. The van der Waals surface area contributed by atoms with E-state index in [1.807, 2.05) is 31.2 Å². The average Bonchev–Trinajstić information content (AvgIpc) is 2.93. The summed E-state index contributed by atoms with van der Waals surface area (Å²) in [5, 5.41) is 13.9. The van der Waals surface area contributed by atoms with Crippen LogP contribution in [0.5, 0.6) is 0 Å². The summed E-state index contributed by atoms with van der Waals surface area (Å²) in [6.45, 7) is 5.35. The van der Waals surface area contributed by atoms with Crippen LogP contribution in [0.2, 0.25) is 0 Å². The zero-order valence-electron chi connectivity index (χ0n) is 22.1. The Balaban J connectivity index is 2.06. The molecule has 206 valence electrons. The largest absolute Gasteiger partial charge is 0.355 e. The third-order valence-corrected chi connectivity index (χ3v) is 7.96. The van der Waals surface area contributed by atoms with E-state index in [0.717, 1.165) is 15.4 Å². The maximum Gasteiger partial charge on any atom is 0.269 e. The number of sulfonamides is 1. The van der Waals surface area contributed by atoms with E-state index in [1.165, 1.54) is 41.3 Å². The second kappa shape index (κ2) is 13.0. The van der Waals surface area contributed by atoms with Gasteiger partial charge in [0.2, 0.25) is 11.8 Å². The number of amides is 2. The van der Waals surface area contributed by atoms with Crippen molar-refractivity contribution in [3.8, 4) is 0 Å². The summed E-state index contributed by atoms with van der Waals surface area (Å²) in [5.74, 6) is -0.931. The minimum Gasteiger partial charge on any atom is -0.355 e. The Morgan fingerprint density at radius 2 is 1.56 bits per heavy atom. The summed E-state index contributed by atoms with van der Waals surface area (Å²) >= 11 is 0. The highest BCUT2D eigenvalue weighted by atomic mass is 32.2. The molecule has 0 fully saturated rings. The van der Waals surface area contributed by atoms with Gasteiger partial charge in [-0.2, -0.15) is 0 Å². The zero-order valence-corrected chi connectivity index (χ0v) is 22.9. The normalized spacial score (nSPS) is 11.9. The van der Waals surface area contributed by atoms with Gasteiger partial charge in [0.25, 0.3) is 15.7 Å². The molecule has 10 nitrogen and oxygen atoms in total. The number of hydrogen-bond donors (Lipinski definition) is 1. The second-order valence-corrected chi connectivity index (χ2v) is 10.8. The lowest BCUT2D eigenvalue weighted by Gasteiger charge is -2.33. The molecule has 0 aromatic heterocycles.